The minimum Gasteiger partial charge on any atom is -0.356 e. The first-order chi connectivity index (χ1) is 16.3. The van der Waals surface area contributed by atoms with Crippen molar-refractivity contribution in [1.29, 1.82) is 5.26 Å². The van der Waals surface area contributed by atoms with Crippen molar-refractivity contribution in [2.75, 3.05) is 0 Å². The van der Waals surface area contributed by atoms with Gasteiger partial charge in [-0.2, -0.15) is 23.5 Å². The Labute approximate surface area is 189 Å². The molecule has 2 aliphatic rings. The van der Waals surface area contributed by atoms with E-state index < -0.39 is 17.6 Å². The molecule has 0 fully saturated rings. The predicted octanol–water partition coefficient (Wildman–Crippen LogP) is 5.18. The van der Waals surface area contributed by atoms with Gasteiger partial charge in [0.05, 0.1) is 41.7 Å². The highest BCUT2D eigenvalue weighted by atomic mass is 19.4. The Morgan fingerprint density at radius 3 is 2.56 bits per heavy atom. The van der Waals surface area contributed by atoms with Gasteiger partial charge in [-0.25, -0.2) is 14.4 Å². The second-order valence-corrected chi connectivity index (χ2v) is 7.32. The Morgan fingerprint density at radius 1 is 1.00 bits per heavy atom. The number of nitriles is 1. The average molecular weight is 464 g/mol. The van der Waals surface area contributed by atoms with Crippen LogP contribution in [0, 0.1) is 17.1 Å². The molecule has 5 rings (SSSR count). The van der Waals surface area contributed by atoms with Crippen molar-refractivity contribution in [2.24, 2.45) is 0 Å². The number of imidazole rings is 1. The van der Waals surface area contributed by atoms with Gasteiger partial charge in [0.2, 0.25) is 0 Å². The van der Waals surface area contributed by atoms with E-state index >= 15 is 0 Å². The zero-order chi connectivity index (χ0) is 23.9. The number of alkyl halides is 3. The van der Waals surface area contributed by atoms with Gasteiger partial charge in [0, 0.05) is 11.6 Å². The van der Waals surface area contributed by atoms with Crippen LogP contribution in [0.3, 0.4) is 0 Å². The highest BCUT2D eigenvalue weighted by Crippen LogP contribution is 2.33. The molecule has 0 saturated heterocycles. The van der Waals surface area contributed by atoms with E-state index in [1.54, 1.807) is 30.5 Å². The predicted molar refractivity (Wildman–Crippen MR) is 111 cm³/mol. The van der Waals surface area contributed by atoms with E-state index in [4.69, 9.17) is 4.52 Å². The number of benzene rings is 2. The number of hydrogen-bond donors (Lipinski definition) is 0. The van der Waals surface area contributed by atoms with Crippen LogP contribution in [0.2, 0.25) is 0 Å². The number of hydrogen-bond acceptors (Lipinski definition) is 6. The molecule has 0 aliphatic carbocycles. The van der Waals surface area contributed by atoms with Crippen molar-refractivity contribution < 1.29 is 22.1 Å². The van der Waals surface area contributed by atoms with Gasteiger partial charge in [0.1, 0.15) is 22.9 Å². The van der Waals surface area contributed by atoms with Crippen LogP contribution in [0.25, 0.3) is 34.1 Å². The van der Waals surface area contributed by atoms with Gasteiger partial charge in [0.25, 0.3) is 0 Å². The summed E-state index contributed by atoms with van der Waals surface area (Å²) in [6.07, 6.45) is -1.47. The summed E-state index contributed by atoms with van der Waals surface area (Å²) in [7, 11) is 0. The molecule has 0 unspecified atom stereocenters. The summed E-state index contributed by atoms with van der Waals surface area (Å²) in [5.74, 6) is -0.0478. The molecule has 0 saturated carbocycles. The van der Waals surface area contributed by atoms with Crippen LogP contribution in [0.15, 0.2) is 65.4 Å². The van der Waals surface area contributed by atoms with E-state index in [-0.39, 0.29) is 34.8 Å². The maximum Gasteiger partial charge on any atom is 0.416 e. The summed E-state index contributed by atoms with van der Waals surface area (Å²) in [4.78, 5) is 8.67. The minimum atomic E-state index is -4.56. The van der Waals surface area contributed by atoms with Crippen molar-refractivity contribution in [3.8, 4) is 40.2 Å². The molecule has 34 heavy (non-hydrogen) atoms. The Kier molecular flexibility index (Phi) is 5.05. The maximum absolute atomic E-state index is 14.1. The molecule has 2 aromatic carbocycles. The molecule has 1 aromatic heterocycles. The van der Waals surface area contributed by atoms with Crippen molar-refractivity contribution in [1.82, 2.24) is 24.9 Å². The quantitative estimate of drug-likeness (QED) is 0.341. The Bertz CT molecular complexity index is 1510. The normalized spacial score (nSPS) is 11.6. The number of fused-ring (bicyclic) bond motifs is 1. The van der Waals surface area contributed by atoms with Crippen LogP contribution in [0.4, 0.5) is 17.6 Å². The molecule has 3 aromatic rings. The zero-order valence-electron chi connectivity index (χ0n) is 17.1. The second kappa shape index (κ2) is 8.08. The highest BCUT2D eigenvalue weighted by Gasteiger charge is 2.31. The average Bonchev–Trinajstić information content (AvgIpc) is 3.45. The van der Waals surface area contributed by atoms with Crippen LogP contribution in [0.5, 0.6) is 0 Å². The topological polar surface area (TPSA) is 93.4 Å². The first kappa shape index (κ1) is 21.3. The Morgan fingerprint density at radius 2 is 1.79 bits per heavy atom. The Balaban J connectivity index is 1.41. The lowest BCUT2D eigenvalue weighted by atomic mass is 10.0. The van der Waals surface area contributed by atoms with E-state index in [9.17, 15) is 22.8 Å². The molecular weight excluding hydrogens is 452 g/mol. The molecule has 7 nitrogen and oxygen atoms in total. The molecule has 0 amide bonds. The van der Waals surface area contributed by atoms with Gasteiger partial charge in [0.15, 0.2) is 11.6 Å². The third-order valence-electron chi connectivity index (χ3n) is 5.05. The van der Waals surface area contributed by atoms with Gasteiger partial charge in [-0.1, -0.05) is 17.3 Å². The standard InChI is InChI=1S/C23H12F4N6O/c24-18-4-2-1-3-17(18)22-30-19-10-29-33(12-20(19)31-22)11-15-8-21(34-32-15)16-6-5-14(23(25,26)27)7-13(16)9-28/h1-8,10,12H,11H2. The van der Waals surface area contributed by atoms with Gasteiger partial charge in [-0.3, -0.25) is 4.68 Å². The van der Waals surface area contributed by atoms with Crippen LogP contribution in [-0.4, -0.2) is 24.9 Å². The van der Waals surface area contributed by atoms with Crippen molar-refractivity contribution in [2.45, 2.75) is 12.7 Å². The zero-order valence-corrected chi connectivity index (χ0v) is 17.1. The molecule has 0 N–H and O–H groups in total. The van der Waals surface area contributed by atoms with Gasteiger partial charge >= 0.3 is 6.18 Å². The third-order valence-corrected chi connectivity index (χ3v) is 5.05. The van der Waals surface area contributed by atoms with Gasteiger partial charge in [-0.15, -0.1) is 0 Å². The number of nitrogens with zero attached hydrogens (tertiary/aromatic N) is 6. The van der Waals surface area contributed by atoms with Crippen molar-refractivity contribution in [3.63, 3.8) is 0 Å². The Hall–Kier alpha value is -4.59. The minimum absolute atomic E-state index is 0.150. The molecule has 2 aliphatic heterocycles. The molecule has 168 valence electrons. The number of halogens is 4. The van der Waals surface area contributed by atoms with Gasteiger partial charge in [-0.05, 0) is 30.3 Å². The molecule has 3 heterocycles. The summed E-state index contributed by atoms with van der Waals surface area (Å²) in [5, 5.41) is 17.5. The molecule has 0 radical (unpaired) electrons. The number of aromatic nitrogens is 5. The second-order valence-electron chi connectivity index (χ2n) is 7.32. The smallest absolute Gasteiger partial charge is 0.356 e. The van der Waals surface area contributed by atoms with Crippen molar-refractivity contribution in [3.05, 3.63) is 83.6 Å². The molecular formula is C23H12F4N6O. The summed E-state index contributed by atoms with van der Waals surface area (Å²) in [6.45, 7) is 0.157. The van der Waals surface area contributed by atoms with Crippen LogP contribution >= 0.6 is 0 Å². The third kappa shape index (κ3) is 3.97. The van der Waals surface area contributed by atoms with E-state index in [1.807, 2.05) is 0 Å². The monoisotopic (exact) mass is 464 g/mol. The van der Waals surface area contributed by atoms with E-state index in [0.29, 0.717) is 17.1 Å². The summed E-state index contributed by atoms with van der Waals surface area (Å²) < 4.78 is 59.6. The van der Waals surface area contributed by atoms with E-state index in [0.717, 1.165) is 12.1 Å². The lowest BCUT2D eigenvalue weighted by Gasteiger charge is -2.08. The highest BCUT2D eigenvalue weighted by molar-refractivity contribution is 5.67. The summed E-state index contributed by atoms with van der Waals surface area (Å²) in [5.41, 5.74) is 0.758. The fourth-order valence-electron chi connectivity index (χ4n) is 3.42. The lowest BCUT2D eigenvalue weighted by Crippen LogP contribution is -2.05. The largest absolute Gasteiger partial charge is 0.416 e. The molecule has 11 heteroatoms. The van der Waals surface area contributed by atoms with E-state index in [2.05, 4.69) is 20.2 Å². The van der Waals surface area contributed by atoms with Gasteiger partial charge < -0.3 is 4.52 Å². The molecule has 0 spiro atoms. The fraction of sp³-hybridized carbons (Fsp3) is 0.0870. The number of rotatable bonds is 4. The van der Waals surface area contributed by atoms with Crippen LogP contribution < -0.4 is 0 Å². The maximum atomic E-state index is 14.1. The molecule has 0 atom stereocenters. The first-order valence-corrected chi connectivity index (χ1v) is 9.84. The first-order valence-electron chi connectivity index (χ1n) is 9.84. The molecule has 0 bridgehead atoms. The fourth-order valence-corrected chi connectivity index (χ4v) is 3.42. The van der Waals surface area contributed by atoms with E-state index in [1.165, 1.54) is 29.1 Å². The van der Waals surface area contributed by atoms with Crippen molar-refractivity contribution >= 4 is 0 Å². The van der Waals surface area contributed by atoms with Crippen LogP contribution in [-0.2, 0) is 12.7 Å². The summed E-state index contributed by atoms with van der Waals surface area (Å²) in [6, 6.07) is 12.3. The van der Waals surface area contributed by atoms with Crippen LogP contribution in [0.1, 0.15) is 16.8 Å². The SMILES string of the molecule is N#Cc1cc(C(F)(F)F)ccc1-c1cc(Cn2cc3nc(-c4ccccc4F)nc-3cn2)no1. The summed E-state index contributed by atoms with van der Waals surface area (Å²) >= 11 is 0. The lowest BCUT2D eigenvalue weighted by molar-refractivity contribution is -0.137.